The molecule has 136 valence electrons. The number of nitrogens with one attached hydrogen (secondary N) is 2. The second kappa shape index (κ2) is 7.63. The third-order valence-corrected chi connectivity index (χ3v) is 4.30. The number of anilines is 1. The number of imidazole rings is 1. The smallest absolute Gasteiger partial charge is 0.178 e. The molecule has 3 N–H and O–H groups in total. The maximum absolute atomic E-state index is 13.3. The van der Waals surface area contributed by atoms with Crippen LogP contribution in [0.2, 0.25) is 5.02 Å². The van der Waals surface area contributed by atoms with Crippen LogP contribution in [0, 0.1) is 5.82 Å². The Kier molecular flexibility index (Phi) is 5.47. The summed E-state index contributed by atoms with van der Waals surface area (Å²) in [6.07, 6.45) is 0.816. The van der Waals surface area contributed by atoms with E-state index in [-0.39, 0.29) is 5.02 Å². The molecule has 2 aromatic heterocycles. The maximum atomic E-state index is 13.3. The van der Waals surface area contributed by atoms with Gasteiger partial charge in [0.1, 0.15) is 22.7 Å². The predicted molar refractivity (Wildman–Crippen MR) is 104 cm³/mol. The van der Waals surface area contributed by atoms with E-state index in [1.54, 1.807) is 18.3 Å². The van der Waals surface area contributed by atoms with Gasteiger partial charge in [-0.15, -0.1) is 0 Å². The molecule has 3 aromatic rings. The van der Waals surface area contributed by atoms with Crippen molar-refractivity contribution in [3.8, 4) is 0 Å². The number of aliphatic hydroxyl groups excluding tert-OH is 1. The molecular formula is C17H17ClFN5OS. The zero-order valence-corrected chi connectivity index (χ0v) is 15.7. The average Bonchev–Trinajstić information content (AvgIpc) is 3.01. The molecule has 0 saturated carbocycles. The number of thiocarbonyl (C=S) groups is 1. The Morgan fingerprint density at radius 3 is 2.88 bits per heavy atom. The summed E-state index contributed by atoms with van der Waals surface area (Å²) in [5.74, 6) is -0.0798. The van der Waals surface area contributed by atoms with E-state index in [9.17, 15) is 9.50 Å². The minimum atomic E-state index is -0.774. The number of hydrogen-bond acceptors (Lipinski definition) is 5. The molecule has 3 rings (SSSR count). The molecule has 2 heterocycles. The van der Waals surface area contributed by atoms with Gasteiger partial charge in [0.2, 0.25) is 0 Å². The summed E-state index contributed by atoms with van der Waals surface area (Å²) >= 11 is 11.3. The number of benzene rings is 1. The van der Waals surface area contributed by atoms with Crippen LogP contribution in [0.1, 0.15) is 17.5 Å². The van der Waals surface area contributed by atoms with E-state index < -0.39 is 11.9 Å². The summed E-state index contributed by atoms with van der Waals surface area (Å²) in [6, 6.07) is 6.01. The van der Waals surface area contributed by atoms with E-state index in [0.717, 1.165) is 0 Å². The largest absolute Gasteiger partial charge is 0.384 e. The van der Waals surface area contributed by atoms with Gasteiger partial charge in [-0.3, -0.25) is 0 Å². The summed E-state index contributed by atoms with van der Waals surface area (Å²) in [5, 5.41) is 13.3. The van der Waals surface area contributed by atoms with Gasteiger partial charge in [0.05, 0.1) is 10.5 Å². The predicted octanol–water partition coefficient (Wildman–Crippen LogP) is 3.13. The fourth-order valence-corrected chi connectivity index (χ4v) is 2.95. The second-order valence-electron chi connectivity index (χ2n) is 6.04. The molecule has 0 amide bonds. The van der Waals surface area contributed by atoms with Crippen LogP contribution >= 0.6 is 23.8 Å². The summed E-state index contributed by atoms with van der Waals surface area (Å²) in [4.78, 5) is 13.9. The molecule has 0 radical (unpaired) electrons. The topological polar surface area (TPSA) is 77.1 Å². The highest BCUT2D eigenvalue weighted by Crippen LogP contribution is 2.22. The number of halogens is 2. The van der Waals surface area contributed by atoms with Gasteiger partial charge in [0, 0.05) is 24.0 Å². The SMILES string of the molecule is CN(C)CC(O)c1nc2nccc(C(=S)Nc3ccc(F)c(Cl)c3)c2[nH]1. The summed E-state index contributed by atoms with van der Waals surface area (Å²) in [5.41, 5.74) is 2.31. The number of hydrogen-bond donors (Lipinski definition) is 3. The first kappa shape index (κ1) is 18.7. The normalized spacial score (nSPS) is 12.5. The van der Waals surface area contributed by atoms with Crippen LogP contribution < -0.4 is 5.32 Å². The number of pyridine rings is 1. The van der Waals surface area contributed by atoms with E-state index in [1.165, 1.54) is 12.1 Å². The Labute approximate surface area is 160 Å². The fourth-order valence-electron chi connectivity index (χ4n) is 2.48. The Morgan fingerprint density at radius 1 is 1.42 bits per heavy atom. The number of aromatic nitrogens is 3. The second-order valence-corrected chi connectivity index (χ2v) is 6.86. The third-order valence-electron chi connectivity index (χ3n) is 3.69. The van der Waals surface area contributed by atoms with Crippen LogP contribution in [-0.4, -0.2) is 50.6 Å². The number of aliphatic hydroxyl groups is 1. The van der Waals surface area contributed by atoms with Crippen molar-refractivity contribution in [2.24, 2.45) is 0 Å². The van der Waals surface area contributed by atoms with E-state index in [0.29, 0.717) is 39.8 Å². The van der Waals surface area contributed by atoms with Gasteiger partial charge in [-0.05, 0) is 38.4 Å². The van der Waals surface area contributed by atoms with Crippen molar-refractivity contribution < 1.29 is 9.50 Å². The van der Waals surface area contributed by atoms with Crippen molar-refractivity contribution in [2.75, 3.05) is 26.0 Å². The minimum absolute atomic E-state index is 0.00769. The van der Waals surface area contributed by atoms with E-state index in [1.807, 2.05) is 19.0 Å². The molecule has 0 bridgehead atoms. The highest BCUT2D eigenvalue weighted by molar-refractivity contribution is 7.81. The summed E-state index contributed by atoms with van der Waals surface area (Å²) in [7, 11) is 3.73. The number of fused-ring (bicyclic) bond motifs is 1. The molecule has 0 aliphatic heterocycles. The summed E-state index contributed by atoms with van der Waals surface area (Å²) < 4.78 is 13.3. The van der Waals surface area contributed by atoms with Gasteiger partial charge >= 0.3 is 0 Å². The summed E-state index contributed by atoms with van der Waals surface area (Å²) in [6.45, 7) is 0.423. The zero-order chi connectivity index (χ0) is 18.8. The first-order valence-electron chi connectivity index (χ1n) is 7.79. The molecule has 0 saturated heterocycles. The molecule has 1 unspecified atom stereocenters. The van der Waals surface area contributed by atoms with E-state index in [4.69, 9.17) is 23.8 Å². The van der Waals surface area contributed by atoms with E-state index in [2.05, 4.69) is 20.3 Å². The van der Waals surface area contributed by atoms with Gasteiger partial charge in [-0.2, -0.15) is 0 Å². The van der Waals surface area contributed by atoms with Gasteiger partial charge in [0.25, 0.3) is 0 Å². The lowest BCUT2D eigenvalue weighted by molar-refractivity contribution is 0.131. The Balaban J connectivity index is 1.90. The van der Waals surface area contributed by atoms with Crippen LogP contribution in [0.5, 0.6) is 0 Å². The Bertz CT molecular complexity index is 961. The molecule has 1 aromatic carbocycles. The molecule has 1 atom stereocenters. The van der Waals surface area contributed by atoms with E-state index >= 15 is 0 Å². The maximum Gasteiger partial charge on any atom is 0.178 e. The molecule has 0 fully saturated rings. The Morgan fingerprint density at radius 2 is 2.19 bits per heavy atom. The highest BCUT2D eigenvalue weighted by Gasteiger charge is 2.17. The van der Waals surface area contributed by atoms with Crippen LogP contribution in [0.25, 0.3) is 11.2 Å². The molecule has 0 aliphatic carbocycles. The van der Waals surface area contributed by atoms with Gasteiger partial charge < -0.3 is 20.3 Å². The quantitative estimate of drug-likeness (QED) is 0.578. The highest BCUT2D eigenvalue weighted by atomic mass is 35.5. The van der Waals surface area contributed by atoms with Gasteiger partial charge in [0.15, 0.2) is 5.65 Å². The molecular weight excluding hydrogens is 377 g/mol. The van der Waals surface area contributed by atoms with Crippen LogP contribution in [0.15, 0.2) is 30.5 Å². The van der Waals surface area contributed by atoms with Crippen LogP contribution in [-0.2, 0) is 0 Å². The lowest BCUT2D eigenvalue weighted by atomic mass is 10.2. The first-order valence-corrected chi connectivity index (χ1v) is 8.57. The number of nitrogens with zero attached hydrogens (tertiary/aromatic N) is 3. The van der Waals surface area contributed by atoms with Crippen molar-refractivity contribution >= 4 is 45.7 Å². The molecule has 26 heavy (non-hydrogen) atoms. The van der Waals surface area contributed by atoms with Crippen molar-refractivity contribution in [2.45, 2.75) is 6.10 Å². The first-order chi connectivity index (χ1) is 12.3. The van der Waals surface area contributed by atoms with Crippen LogP contribution in [0.3, 0.4) is 0 Å². The fraction of sp³-hybridized carbons (Fsp3) is 0.235. The van der Waals surface area contributed by atoms with Gasteiger partial charge in [-0.1, -0.05) is 23.8 Å². The molecule has 0 spiro atoms. The van der Waals surface area contributed by atoms with Crippen molar-refractivity contribution in [1.29, 1.82) is 0 Å². The average molecular weight is 394 g/mol. The van der Waals surface area contributed by atoms with Gasteiger partial charge in [-0.25, -0.2) is 14.4 Å². The minimum Gasteiger partial charge on any atom is -0.384 e. The lowest BCUT2D eigenvalue weighted by Gasteiger charge is -2.13. The van der Waals surface area contributed by atoms with Crippen molar-refractivity contribution in [3.63, 3.8) is 0 Å². The number of likely N-dealkylation sites (N-methyl/N-ethyl adjacent to an activating group) is 1. The molecule has 0 aliphatic rings. The Hall–Kier alpha value is -2.13. The third kappa shape index (κ3) is 3.99. The van der Waals surface area contributed by atoms with Crippen molar-refractivity contribution in [3.05, 3.63) is 52.7 Å². The number of rotatable bonds is 5. The lowest BCUT2D eigenvalue weighted by Crippen LogP contribution is -2.20. The standard InChI is InChI=1S/C17H17ClFN5OS/c1-24(2)8-13(25)15-22-14-10(5-6-20-16(14)23-15)17(26)21-9-3-4-12(19)11(18)7-9/h3-7,13,25H,8H2,1-2H3,(H,21,26)(H,20,22,23). The van der Waals surface area contributed by atoms with Crippen LogP contribution in [0.4, 0.5) is 10.1 Å². The number of aromatic amines is 1. The van der Waals surface area contributed by atoms with Crippen molar-refractivity contribution in [1.82, 2.24) is 19.9 Å². The zero-order valence-electron chi connectivity index (χ0n) is 14.1. The monoisotopic (exact) mass is 393 g/mol. The number of H-pyrrole nitrogens is 1. The molecule has 9 heteroatoms. The molecule has 6 nitrogen and oxygen atoms in total.